The van der Waals surface area contributed by atoms with E-state index < -0.39 is 6.04 Å². The number of anilines is 1. The molecule has 6 nitrogen and oxygen atoms in total. The van der Waals surface area contributed by atoms with Gasteiger partial charge in [-0.15, -0.1) is 0 Å². The van der Waals surface area contributed by atoms with E-state index in [1.54, 1.807) is 20.2 Å². The number of carbonyl (C=O) groups is 2. The van der Waals surface area contributed by atoms with Crippen molar-refractivity contribution in [2.45, 2.75) is 32.4 Å². The Morgan fingerprint density at radius 2 is 2.05 bits per heavy atom. The molecular weight excluding hydrogens is 268 g/mol. The quantitative estimate of drug-likeness (QED) is 0.743. The molecule has 1 aromatic carbocycles. The molecule has 21 heavy (non-hydrogen) atoms. The molecule has 0 fully saturated rings. The van der Waals surface area contributed by atoms with Gasteiger partial charge in [0.05, 0.1) is 6.04 Å². The van der Waals surface area contributed by atoms with Gasteiger partial charge in [0, 0.05) is 26.3 Å². The van der Waals surface area contributed by atoms with Gasteiger partial charge in [0.2, 0.25) is 5.91 Å². The topological polar surface area (TPSA) is 87.5 Å². The summed E-state index contributed by atoms with van der Waals surface area (Å²) in [6.07, 6.45) is 1.55. The van der Waals surface area contributed by atoms with E-state index in [1.807, 2.05) is 25.1 Å². The molecule has 0 aromatic heterocycles. The highest BCUT2D eigenvalue weighted by Crippen LogP contribution is 2.11. The van der Waals surface area contributed by atoms with Crippen molar-refractivity contribution in [3.8, 4) is 0 Å². The third-order valence-corrected chi connectivity index (χ3v) is 2.99. The molecule has 1 rings (SSSR count). The van der Waals surface area contributed by atoms with Crippen LogP contribution < -0.4 is 16.4 Å². The highest BCUT2D eigenvalue weighted by molar-refractivity contribution is 5.89. The van der Waals surface area contributed by atoms with Gasteiger partial charge >= 0.3 is 6.03 Å². The molecule has 1 atom stereocenters. The summed E-state index contributed by atoms with van der Waals surface area (Å²) in [7, 11) is 3.35. The first-order chi connectivity index (χ1) is 9.93. The minimum absolute atomic E-state index is 0.153. The van der Waals surface area contributed by atoms with E-state index in [9.17, 15) is 9.59 Å². The first-order valence-electron chi connectivity index (χ1n) is 7.04. The number of nitrogens with two attached hydrogens (primary N) is 1. The predicted octanol–water partition coefficient (Wildman–Crippen LogP) is 1.52. The number of carbonyl (C=O) groups excluding carboxylic acids is 2. The summed E-state index contributed by atoms with van der Waals surface area (Å²) >= 11 is 0. The monoisotopic (exact) mass is 292 g/mol. The van der Waals surface area contributed by atoms with Crippen LogP contribution in [0.25, 0.3) is 0 Å². The summed E-state index contributed by atoms with van der Waals surface area (Å²) in [4.78, 5) is 24.8. The number of benzene rings is 1. The minimum Gasteiger partial charge on any atom is -0.351 e. The molecule has 0 bridgehead atoms. The van der Waals surface area contributed by atoms with Crippen LogP contribution in [0.4, 0.5) is 10.5 Å². The van der Waals surface area contributed by atoms with Crippen molar-refractivity contribution in [1.82, 2.24) is 10.2 Å². The van der Waals surface area contributed by atoms with Crippen LogP contribution in [0.15, 0.2) is 24.3 Å². The van der Waals surface area contributed by atoms with Crippen LogP contribution in [0.5, 0.6) is 0 Å². The zero-order valence-electron chi connectivity index (χ0n) is 12.8. The fourth-order valence-electron chi connectivity index (χ4n) is 1.76. The molecule has 0 radical (unpaired) electrons. The van der Waals surface area contributed by atoms with Crippen molar-refractivity contribution in [1.29, 1.82) is 0 Å². The Balaban J connectivity index is 2.57. The summed E-state index contributed by atoms with van der Waals surface area (Å²) < 4.78 is 0. The maximum atomic E-state index is 11.7. The van der Waals surface area contributed by atoms with Gasteiger partial charge < -0.3 is 21.3 Å². The number of urea groups is 1. The van der Waals surface area contributed by atoms with Gasteiger partial charge in [-0.05, 0) is 24.1 Å². The Kier molecular flexibility index (Phi) is 6.68. The third kappa shape index (κ3) is 5.83. The van der Waals surface area contributed by atoms with Gasteiger partial charge in [0.15, 0.2) is 0 Å². The molecule has 0 spiro atoms. The second-order valence-electron chi connectivity index (χ2n) is 5.14. The van der Waals surface area contributed by atoms with Crippen molar-refractivity contribution < 1.29 is 9.59 Å². The summed E-state index contributed by atoms with van der Waals surface area (Å²) in [5, 5.41) is 5.56. The Bertz CT molecular complexity index is 488. The molecule has 0 aliphatic heterocycles. The fourth-order valence-corrected chi connectivity index (χ4v) is 1.76. The Labute approximate surface area is 125 Å². The maximum absolute atomic E-state index is 11.7. The Hall–Kier alpha value is -2.08. The number of amides is 3. The minimum atomic E-state index is -0.466. The first-order valence-corrected chi connectivity index (χ1v) is 7.04. The lowest BCUT2D eigenvalue weighted by Crippen LogP contribution is -2.40. The van der Waals surface area contributed by atoms with Crippen molar-refractivity contribution in [2.24, 2.45) is 5.73 Å². The second kappa shape index (κ2) is 8.26. The summed E-state index contributed by atoms with van der Waals surface area (Å²) in [6.45, 7) is 2.38. The molecule has 6 heteroatoms. The highest BCUT2D eigenvalue weighted by Gasteiger charge is 2.11. The van der Waals surface area contributed by atoms with E-state index in [1.165, 1.54) is 4.90 Å². The molecule has 0 aliphatic carbocycles. The van der Waals surface area contributed by atoms with Crippen molar-refractivity contribution in [3.05, 3.63) is 29.8 Å². The number of nitrogens with one attached hydrogen (secondary N) is 2. The molecule has 116 valence electrons. The standard InChI is InChI=1S/C15H24N4O2/c1-4-6-13(16)14(20)17-10-11-7-5-8-12(9-11)18-15(21)19(2)3/h5,7-9,13H,4,6,10,16H2,1-3H3,(H,17,20)(H,18,21). The number of hydrogen-bond donors (Lipinski definition) is 3. The zero-order chi connectivity index (χ0) is 15.8. The maximum Gasteiger partial charge on any atom is 0.321 e. The van der Waals surface area contributed by atoms with Gasteiger partial charge in [0.1, 0.15) is 0 Å². The van der Waals surface area contributed by atoms with Crippen LogP contribution in [-0.4, -0.2) is 37.0 Å². The highest BCUT2D eigenvalue weighted by atomic mass is 16.2. The van der Waals surface area contributed by atoms with Crippen molar-refractivity contribution in [2.75, 3.05) is 19.4 Å². The van der Waals surface area contributed by atoms with E-state index >= 15 is 0 Å². The molecule has 1 aromatic rings. The first kappa shape index (κ1) is 17.0. The lowest BCUT2D eigenvalue weighted by atomic mass is 10.1. The van der Waals surface area contributed by atoms with E-state index in [4.69, 9.17) is 5.73 Å². The van der Waals surface area contributed by atoms with Gasteiger partial charge in [-0.25, -0.2) is 4.79 Å². The fraction of sp³-hybridized carbons (Fsp3) is 0.467. The average molecular weight is 292 g/mol. The van der Waals surface area contributed by atoms with Crippen molar-refractivity contribution >= 4 is 17.6 Å². The van der Waals surface area contributed by atoms with E-state index in [2.05, 4.69) is 10.6 Å². The average Bonchev–Trinajstić information content (AvgIpc) is 2.45. The van der Waals surface area contributed by atoms with E-state index in [0.717, 1.165) is 12.0 Å². The number of rotatable bonds is 6. The van der Waals surface area contributed by atoms with Crippen LogP contribution in [0.3, 0.4) is 0 Å². The molecule has 0 saturated heterocycles. The Morgan fingerprint density at radius 3 is 2.67 bits per heavy atom. The largest absolute Gasteiger partial charge is 0.351 e. The van der Waals surface area contributed by atoms with Crippen LogP contribution in [0.1, 0.15) is 25.3 Å². The molecule has 0 aliphatic rings. The lowest BCUT2D eigenvalue weighted by Gasteiger charge is -2.14. The number of hydrogen-bond acceptors (Lipinski definition) is 3. The normalized spacial score (nSPS) is 11.6. The summed E-state index contributed by atoms with van der Waals surface area (Å²) in [6, 6.07) is 6.69. The summed E-state index contributed by atoms with van der Waals surface area (Å²) in [5.74, 6) is -0.153. The van der Waals surface area contributed by atoms with E-state index in [-0.39, 0.29) is 11.9 Å². The third-order valence-electron chi connectivity index (χ3n) is 2.99. The van der Waals surface area contributed by atoms with Crippen LogP contribution in [-0.2, 0) is 11.3 Å². The van der Waals surface area contributed by atoms with Crippen molar-refractivity contribution in [3.63, 3.8) is 0 Å². The summed E-state index contributed by atoms with van der Waals surface area (Å²) in [5.41, 5.74) is 7.35. The second-order valence-corrected chi connectivity index (χ2v) is 5.14. The van der Waals surface area contributed by atoms with Gasteiger partial charge in [-0.2, -0.15) is 0 Å². The van der Waals surface area contributed by atoms with Crippen LogP contribution >= 0.6 is 0 Å². The zero-order valence-corrected chi connectivity index (χ0v) is 12.8. The van der Waals surface area contributed by atoms with Gasteiger partial charge in [-0.1, -0.05) is 25.5 Å². The lowest BCUT2D eigenvalue weighted by molar-refractivity contribution is -0.122. The van der Waals surface area contributed by atoms with Crippen LogP contribution in [0, 0.1) is 0 Å². The smallest absolute Gasteiger partial charge is 0.321 e. The molecule has 0 saturated carbocycles. The molecular formula is C15H24N4O2. The molecule has 4 N–H and O–H groups in total. The molecule has 3 amide bonds. The van der Waals surface area contributed by atoms with Gasteiger partial charge in [0.25, 0.3) is 0 Å². The SMILES string of the molecule is CCCC(N)C(=O)NCc1cccc(NC(=O)N(C)C)c1. The van der Waals surface area contributed by atoms with Crippen LogP contribution in [0.2, 0.25) is 0 Å². The molecule has 0 heterocycles. The van der Waals surface area contributed by atoms with E-state index in [0.29, 0.717) is 18.7 Å². The van der Waals surface area contributed by atoms with Gasteiger partial charge in [-0.3, -0.25) is 4.79 Å². The number of nitrogens with zero attached hydrogens (tertiary/aromatic N) is 1. The molecule has 1 unspecified atom stereocenters. The predicted molar refractivity (Wildman–Crippen MR) is 83.9 cm³/mol. The Morgan fingerprint density at radius 1 is 1.33 bits per heavy atom.